The van der Waals surface area contributed by atoms with Crippen molar-refractivity contribution < 1.29 is 27.6 Å². The van der Waals surface area contributed by atoms with Crippen LogP contribution in [0.2, 0.25) is 0 Å². The van der Waals surface area contributed by atoms with Crippen molar-refractivity contribution in [3.8, 4) is 11.3 Å². The molecule has 0 bridgehead atoms. The first kappa shape index (κ1) is 18.7. The van der Waals surface area contributed by atoms with Crippen molar-refractivity contribution in [2.75, 3.05) is 0 Å². The van der Waals surface area contributed by atoms with Gasteiger partial charge in [0.1, 0.15) is 34.8 Å². The van der Waals surface area contributed by atoms with Gasteiger partial charge in [-0.1, -0.05) is 5.16 Å². The molecule has 0 spiro atoms. The average Bonchev–Trinajstić information content (AvgIpc) is 3.05. The Labute approximate surface area is 152 Å². The van der Waals surface area contributed by atoms with Crippen LogP contribution in [0.4, 0.5) is 13.2 Å². The van der Waals surface area contributed by atoms with Crippen molar-refractivity contribution in [3.05, 3.63) is 76.8 Å². The Morgan fingerprint density at radius 1 is 1.11 bits per heavy atom. The minimum atomic E-state index is -1.13. The molecule has 0 fully saturated rings. The van der Waals surface area contributed by atoms with Crippen molar-refractivity contribution >= 4 is 5.91 Å². The molecule has 2 N–H and O–H groups in total. The van der Waals surface area contributed by atoms with Gasteiger partial charge in [0.25, 0.3) is 5.91 Å². The zero-order valence-corrected chi connectivity index (χ0v) is 14.2. The number of hydrogen-bond acceptors (Lipinski definition) is 4. The lowest BCUT2D eigenvalue weighted by atomic mass is 10.0. The Hall–Kier alpha value is -3.13. The zero-order valence-electron chi connectivity index (χ0n) is 14.2. The van der Waals surface area contributed by atoms with Crippen LogP contribution in [-0.2, 0) is 6.54 Å². The number of amides is 1. The van der Waals surface area contributed by atoms with Gasteiger partial charge in [-0.05, 0) is 48.9 Å². The summed E-state index contributed by atoms with van der Waals surface area (Å²) in [4.78, 5) is 12.7. The summed E-state index contributed by atoms with van der Waals surface area (Å²) in [6, 6.07) is 8.13. The highest BCUT2D eigenvalue weighted by Crippen LogP contribution is 2.29. The molecule has 3 aromatic rings. The lowest BCUT2D eigenvalue weighted by Crippen LogP contribution is -2.24. The predicted octanol–water partition coefficient (Wildman–Crippen LogP) is 3.74. The van der Waals surface area contributed by atoms with Gasteiger partial charge >= 0.3 is 0 Å². The molecule has 0 aliphatic carbocycles. The van der Waals surface area contributed by atoms with E-state index in [1.807, 2.05) is 0 Å². The number of carbonyl (C=O) groups is 1. The molecule has 2 aromatic carbocycles. The summed E-state index contributed by atoms with van der Waals surface area (Å²) in [5, 5.41) is 16.2. The molecule has 27 heavy (non-hydrogen) atoms. The molecule has 0 radical (unpaired) electrons. The Morgan fingerprint density at radius 3 is 2.33 bits per heavy atom. The van der Waals surface area contributed by atoms with E-state index in [0.717, 1.165) is 18.2 Å². The second-order valence-corrected chi connectivity index (χ2v) is 5.91. The number of carbonyl (C=O) groups excluding carboxylic acids is 1. The standard InChI is InChI=1S/C19H15F3N2O3/c1-10(25)18-16(17(24-27-18)12-2-4-13(20)5-3-12)19(26)23-9-11-6-14(21)8-15(22)7-11/h2-8,10,25H,9H2,1H3,(H,23,26)/t10-/m0/s1. The molecule has 1 atom stereocenters. The number of nitrogens with one attached hydrogen (secondary N) is 1. The smallest absolute Gasteiger partial charge is 0.257 e. The molecule has 1 amide bonds. The Kier molecular flexibility index (Phi) is 5.27. The Balaban J connectivity index is 1.90. The molecule has 1 heterocycles. The third-order valence-electron chi connectivity index (χ3n) is 3.82. The molecule has 5 nitrogen and oxygen atoms in total. The van der Waals surface area contributed by atoms with Crippen molar-refractivity contribution in [2.24, 2.45) is 0 Å². The first-order valence-electron chi connectivity index (χ1n) is 8.02. The third kappa shape index (κ3) is 4.17. The van der Waals surface area contributed by atoms with Crippen molar-refractivity contribution in [2.45, 2.75) is 19.6 Å². The molecular formula is C19H15F3N2O3. The van der Waals surface area contributed by atoms with Gasteiger partial charge < -0.3 is 14.9 Å². The molecule has 3 rings (SSSR count). The first-order valence-corrected chi connectivity index (χ1v) is 8.02. The first-order chi connectivity index (χ1) is 12.8. The number of rotatable bonds is 5. The Morgan fingerprint density at radius 2 is 1.74 bits per heavy atom. The zero-order chi connectivity index (χ0) is 19.6. The van der Waals surface area contributed by atoms with E-state index in [4.69, 9.17) is 4.52 Å². The molecular weight excluding hydrogens is 361 g/mol. The fraction of sp³-hybridized carbons (Fsp3) is 0.158. The summed E-state index contributed by atoms with van der Waals surface area (Å²) < 4.78 is 44.8. The van der Waals surface area contributed by atoms with Crippen LogP contribution in [-0.4, -0.2) is 16.2 Å². The summed E-state index contributed by atoms with van der Waals surface area (Å²) >= 11 is 0. The van der Waals surface area contributed by atoms with Gasteiger partial charge in [0.15, 0.2) is 5.76 Å². The number of aromatic nitrogens is 1. The van der Waals surface area contributed by atoms with E-state index in [-0.39, 0.29) is 29.1 Å². The lowest BCUT2D eigenvalue weighted by molar-refractivity contribution is 0.0938. The molecule has 8 heteroatoms. The summed E-state index contributed by atoms with van der Waals surface area (Å²) in [7, 11) is 0. The van der Waals surface area contributed by atoms with Crippen molar-refractivity contribution in [1.29, 1.82) is 0 Å². The van der Waals surface area contributed by atoms with E-state index in [9.17, 15) is 23.1 Å². The van der Waals surface area contributed by atoms with Crippen LogP contribution in [0.5, 0.6) is 0 Å². The van der Waals surface area contributed by atoms with Gasteiger partial charge in [0.05, 0.1) is 0 Å². The van der Waals surface area contributed by atoms with Gasteiger partial charge in [0.2, 0.25) is 0 Å². The fourth-order valence-electron chi connectivity index (χ4n) is 2.60. The molecule has 0 aliphatic rings. The van der Waals surface area contributed by atoms with Crippen LogP contribution in [0.3, 0.4) is 0 Å². The van der Waals surface area contributed by atoms with Crippen LogP contribution in [0, 0.1) is 17.5 Å². The van der Waals surface area contributed by atoms with Gasteiger partial charge in [-0.2, -0.15) is 0 Å². The molecule has 0 saturated carbocycles. The summed E-state index contributed by atoms with van der Waals surface area (Å²) in [5.74, 6) is -2.72. The van der Waals surface area contributed by atoms with E-state index in [2.05, 4.69) is 10.5 Å². The van der Waals surface area contributed by atoms with E-state index in [0.29, 0.717) is 5.56 Å². The van der Waals surface area contributed by atoms with E-state index >= 15 is 0 Å². The molecule has 0 unspecified atom stereocenters. The highest BCUT2D eigenvalue weighted by molar-refractivity contribution is 6.00. The Bertz CT molecular complexity index is 949. The molecule has 0 aliphatic heterocycles. The summed E-state index contributed by atoms with van der Waals surface area (Å²) in [6.45, 7) is 1.24. The average molecular weight is 376 g/mol. The van der Waals surface area contributed by atoms with E-state index in [1.54, 1.807) is 0 Å². The topological polar surface area (TPSA) is 75.4 Å². The van der Waals surface area contributed by atoms with E-state index < -0.39 is 29.5 Å². The number of hydrogen-bond donors (Lipinski definition) is 2. The number of aliphatic hydroxyl groups is 1. The maximum Gasteiger partial charge on any atom is 0.257 e. The second kappa shape index (κ2) is 7.63. The number of aliphatic hydroxyl groups excluding tert-OH is 1. The van der Waals surface area contributed by atoms with Crippen LogP contribution in [0.1, 0.15) is 34.7 Å². The molecule has 0 saturated heterocycles. The monoisotopic (exact) mass is 376 g/mol. The normalized spacial score (nSPS) is 12.0. The quantitative estimate of drug-likeness (QED) is 0.711. The maximum absolute atomic E-state index is 13.3. The van der Waals surface area contributed by atoms with Gasteiger partial charge in [-0.25, -0.2) is 13.2 Å². The second-order valence-electron chi connectivity index (χ2n) is 5.91. The summed E-state index contributed by atoms with van der Waals surface area (Å²) in [5.41, 5.74) is 0.718. The maximum atomic E-state index is 13.3. The molecule has 1 aromatic heterocycles. The van der Waals surface area contributed by atoms with Crippen LogP contribution in [0.15, 0.2) is 47.0 Å². The van der Waals surface area contributed by atoms with Crippen LogP contribution in [0.25, 0.3) is 11.3 Å². The third-order valence-corrected chi connectivity index (χ3v) is 3.82. The van der Waals surface area contributed by atoms with Gasteiger partial charge in [-0.3, -0.25) is 4.79 Å². The van der Waals surface area contributed by atoms with E-state index in [1.165, 1.54) is 31.2 Å². The van der Waals surface area contributed by atoms with Crippen molar-refractivity contribution in [3.63, 3.8) is 0 Å². The SMILES string of the molecule is C[C@H](O)c1onc(-c2ccc(F)cc2)c1C(=O)NCc1cc(F)cc(F)c1. The van der Waals surface area contributed by atoms with Crippen LogP contribution < -0.4 is 5.32 Å². The van der Waals surface area contributed by atoms with Gasteiger partial charge in [-0.15, -0.1) is 0 Å². The number of benzene rings is 2. The van der Waals surface area contributed by atoms with Crippen molar-refractivity contribution in [1.82, 2.24) is 10.5 Å². The minimum Gasteiger partial charge on any atom is -0.385 e. The van der Waals surface area contributed by atoms with Gasteiger partial charge in [0, 0.05) is 18.2 Å². The lowest BCUT2D eigenvalue weighted by Gasteiger charge is -2.08. The largest absolute Gasteiger partial charge is 0.385 e. The number of nitrogens with zero attached hydrogens (tertiary/aromatic N) is 1. The highest BCUT2D eigenvalue weighted by Gasteiger charge is 2.26. The molecule has 140 valence electrons. The number of halogens is 3. The van der Waals surface area contributed by atoms with Crippen LogP contribution >= 0.6 is 0 Å². The summed E-state index contributed by atoms with van der Waals surface area (Å²) in [6.07, 6.45) is -1.13. The minimum absolute atomic E-state index is 0.0338. The highest BCUT2D eigenvalue weighted by atomic mass is 19.1. The predicted molar refractivity (Wildman–Crippen MR) is 90.1 cm³/mol. The fourth-order valence-corrected chi connectivity index (χ4v) is 2.60.